The summed E-state index contributed by atoms with van der Waals surface area (Å²) in [5, 5.41) is 14.8. The third kappa shape index (κ3) is 4.23. The van der Waals surface area contributed by atoms with Crippen LogP contribution in [0, 0.1) is 6.92 Å². The third-order valence-corrected chi connectivity index (χ3v) is 4.00. The zero-order chi connectivity index (χ0) is 17.5. The predicted molar refractivity (Wildman–Crippen MR) is 99.6 cm³/mol. The van der Waals surface area contributed by atoms with Gasteiger partial charge in [0.05, 0.1) is 6.54 Å². The summed E-state index contributed by atoms with van der Waals surface area (Å²) in [5.74, 6) is 1.55. The molecule has 0 aliphatic carbocycles. The first-order valence-corrected chi connectivity index (χ1v) is 8.21. The van der Waals surface area contributed by atoms with Gasteiger partial charge in [-0.3, -0.25) is 9.56 Å². The third-order valence-electron chi connectivity index (χ3n) is 4.00. The smallest absolute Gasteiger partial charge is 0.191 e. The Labute approximate surface area is 147 Å². The summed E-state index contributed by atoms with van der Waals surface area (Å²) >= 11 is 0. The van der Waals surface area contributed by atoms with E-state index in [1.807, 2.05) is 47.0 Å². The summed E-state index contributed by atoms with van der Waals surface area (Å²) in [5.41, 5.74) is 3.54. The summed E-state index contributed by atoms with van der Waals surface area (Å²) in [4.78, 5) is 4.27. The maximum Gasteiger partial charge on any atom is 0.191 e. The first-order chi connectivity index (χ1) is 12.3. The maximum atomic E-state index is 4.27. The molecule has 0 aliphatic heterocycles. The van der Waals surface area contributed by atoms with Crippen molar-refractivity contribution in [3.63, 3.8) is 0 Å². The van der Waals surface area contributed by atoms with Crippen LogP contribution in [0.5, 0.6) is 0 Å². The number of para-hydroxylation sites is 1. The molecule has 0 saturated carbocycles. The average Bonchev–Trinajstić information content (AvgIpc) is 3.12. The number of benzene rings is 2. The molecule has 0 saturated heterocycles. The van der Waals surface area contributed by atoms with Gasteiger partial charge in [0.1, 0.15) is 6.33 Å². The molecule has 0 fully saturated rings. The first kappa shape index (κ1) is 16.7. The standard InChI is InChI=1S/C19H22N6/c1-15-8-6-7-9-16(15)12-21-19(20-2)22-13-18-24-23-14-25(18)17-10-4-3-5-11-17/h3-11,14H,12-13H2,1-2H3,(H2,20,21,22). The molecule has 0 spiro atoms. The highest BCUT2D eigenvalue weighted by molar-refractivity contribution is 5.79. The van der Waals surface area contributed by atoms with E-state index in [4.69, 9.17) is 0 Å². The summed E-state index contributed by atoms with van der Waals surface area (Å²) in [6.45, 7) is 3.36. The quantitative estimate of drug-likeness (QED) is 0.555. The monoisotopic (exact) mass is 334 g/mol. The van der Waals surface area contributed by atoms with Crippen LogP contribution in [0.2, 0.25) is 0 Å². The van der Waals surface area contributed by atoms with Crippen LogP contribution in [0.4, 0.5) is 0 Å². The lowest BCUT2D eigenvalue weighted by molar-refractivity contribution is 0.753. The van der Waals surface area contributed by atoms with Gasteiger partial charge < -0.3 is 10.6 Å². The molecule has 0 amide bonds. The lowest BCUT2D eigenvalue weighted by atomic mass is 10.1. The van der Waals surface area contributed by atoms with E-state index in [9.17, 15) is 0 Å². The molecule has 1 aromatic heterocycles. The van der Waals surface area contributed by atoms with Crippen LogP contribution in [-0.4, -0.2) is 27.8 Å². The van der Waals surface area contributed by atoms with Crippen molar-refractivity contribution < 1.29 is 0 Å². The number of aryl methyl sites for hydroxylation is 1. The van der Waals surface area contributed by atoms with E-state index in [-0.39, 0.29) is 0 Å². The summed E-state index contributed by atoms with van der Waals surface area (Å²) in [7, 11) is 1.76. The molecule has 6 nitrogen and oxygen atoms in total. The van der Waals surface area contributed by atoms with Crippen molar-refractivity contribution >= 4 is 5.96 Å². The van der Waals surface area contributed by atoms with Crippen molar-refractivity contribution in [2.45, 2.75) is 20.0 Å². The highest BCUT2D eigenvalue weighted by atomic mass is 15.3. The fourth-order valence-electron chi connectivity index (χ4n) is 2.55. The maximum absolute atomic E-state index is 4.27. The number of guanidine groups is 1. The molecule has 1 heterocycles. The molecular weight excluding hydrogens is 312 g/mol. The zero-order valence-electron chi connectivity index (χ0n) is 14.5. The number of nitrogens with zero attached hydrogens (tertiary/aromatic N) is 4. The van der Waals surface area contributed by atoms with Gasteiger partial charge in [-0.1, -0.05) is 42.5 Å². The van der Waals surface area contributed by atoms with E-state index >= 15 is 0 Å². The predicted octanol–water partition coefficient (Wildman–Crippen LogP) is 2.44. The Morgan fingerprint density at radius 2 is 1.72 bits per heavy atom. The van der Waals surface area contributed by atoms with Crippen molar-refractivity contribution in [1.82, 2.24) is 25.4 Å². The fourth-order valence-corrected chi connectivity index (χ4v) is 2.55. The molecule has 0 radical (unpaired) electrons. The largest absolute Gasteiger partial charge is 0.352 e. The van der Waals surface area contributed by atoms with Gasteiger partial charge in [0.25, 0.3) is 0 Å². The molecular formula is C19H22N6. The van der Waals surface area contributed by atoms with Crippen LogP contribution in [0.25, 0.3) is 5.69 Å². The van der Waals surface area contributed by atoms with Crippen molar-refractivity contribution in [3.05, 3.63) is 77.9 Å². The second-order valence-corrected chi connectivity index (χ2v) is 5.66. The Morgan fingerprint density at radius 3 is 2.48 bits per heavy atom. The average molecular weight is 334 g/mol. The Hall–Kier alpha value is -3.15. The molecule has 2 N–H and O–H groups in total. The highest BCUT2D eigenvalue weighted by Crippen LogP contribution is 2.09. The van der Waals surface area contributed by atoms with E-state index < -0.39 is 0 Å². The summed E-state index contributed by atoms with van der Waals surface area (Å²) < 4.78 is 1.96. The molecule has 25 heavy (non-hydrogen) atoms. The molecule has 0 unspecified atom stereocenters. The molecule has 6 heteroatoms. The van der Waals surface area contributed by atoms with E-state index in [0.717, 1.165) is 24.0 Å². The number of rotatable bonds is 5. The number of hydrogen-bond acceptors (Lipinski definition) is 3. The number of aromatic nitrogens is 3. The van der Waals surface area contributed by atoms with Gasteiger partial charge in [-0.15, -0.1) is 10.2 Å². The fraction of sp³-hybridized carbons (Fsp3) is 0.211. The highest BCUT2D eigenvalue weighted by Gasteiger charge is 2.07. The van der Waals surface area contributed by atoms with E-state index in [1.165, 1.54) is 11.1 Å². The van der Waals surface area contributed by atoms with Crippen LogP contribution >= 0.6 is 0 Å². The zero-order valence-corrected chi connectivity index (χ0v) is 14.5. The van der Waals surface area contributed by atoms with Gasteiger partial charge in [0, 0.05) is 19.3 Å². The Morgan fingerprint density at radius 1 is 1.00 bits per heavy atom. The molecule has 3 rings (SSSR count). The van der Waals surface area contributed by atoms with Crippen molar-refractivity contribution in [2.75, 3.05) is 7.05 Å². The molecule has 0 aliphatic rings. The van der Waals surface area contributed by atoms with Crippen LogP contribution in [0.1, 0.15) is 17.0 Å². The molecule has 2 aromatic carbocycles. The van der Waals surface area contributed by atoms with E-state index in [0.29, 0.717) is 6.54 Å². The topological polar surface area (TPSA) is 67.1 Å². The van der Waals surface area contributed by atoms with Gasteiger partial charge in [-0.2, -0.15) is 0 Å². The minimum Gasteiger partial charge on any atom is -0.352 e. The second-order valence-electron chi connectivity index (χ2n) is 5.66. The van der Waals surface area contributed by atoms with Crippen LogP contribution in [0.15, 0.2) is 65.9 Å². The molecule has 0 bridgehead atoms. The number of aliphatic imine (C=N–C) groups is 1. The van der Waals surface area contributed by atoms with Gasteiger partial charge in [-0.25, -0.2) is 0 Å². The van der Waals surface area contributed by atoms with Crippen LogP contribution in [-0.2, 0) is 13.1 Å². The second kappa shape index (κ2) is 8.10. The molecule has 3 aromatic rings. The van der Waals surface area contributed by atoms with Crippen LogP contribution < -0.4 is 10.6 Å². The van der Waals surface area contributed by atoms with Crippen molar-refractivity contribution in [1.29, 1.82) is 0 Å². The van der Waals surface area contributed by atoms with E-state index in [1.54, 1.807) is 13.4 Å². The Bertz CT molecular complexity index is 838. The number of hydrogen-bond donors (Lipinski definition) is 2. The van der Waals surface area contributed by atoms with Gasteiger partial charge >= 0.3 is 0 Å². The first-order valence-electron chi connectivity index (χ1n) is 8.21. The van der Waals surface area contributed by atoms with Crippen molar-refractivity contribution in [3.8, 4) is 5.69 Å². The molecule has 0 atom stereocenters. The van der Waals surface area contributed by atoms with Crippen LogP contribution in [0.3, 0.4) is 0 Å². The minimum absolute atomic E-state index is 0.530. The minimum atomic E-state index is 0.530. The normalized spacial score (nSPS) is 11.4. The molecule has 128 valence electrons. The van der Waals surface area contributed by atoms with Crippen molar-refractivity contribution in [2.24, 2.45) is 4.99 Å². The number of nitrogens with one attached hydrogen (secondary N) is 2. The van der Waals surface area contributed by atoms with E-state index in [2.05, 4.69) is 44.9 Å². The van der Waals surface area contributed by atoms with Gasteiger partial charge in [0.15, 0.2) is 11.8 Å². The Balaban J connectivity index is 1.61. The van der Waals surface area contributed by atoms with Gasteiger partial charge in [0.2, 0.25) is 0 Å². The summed E-state index contributed by atoms with van der Waals surface area (Å²) in [6, 6.07) is 18.3. The lowest BCUT2D eigenvalue weighted by Gasteiger charge is -2.13. The lowest BCUT2D eigenvalue weighted by Crippen LogP contribution is -2.37. The van der Waals surface area contributed by atoms with Gasteiger partial charge in [-0.05, 0) is 30.2 Å². The Kier molecular flexibility index (Phi) is 5.41. The SMILES string of the molecule is CN=C(NCc1ccccc1C)NCc1nncn1-c1ccccc1. The summed E-state index contributed by atoms with van der Waals surface area (Å²) in [6.07, 6.45) is 1.72.